The smallest absolute Gasteiger partial charge is 0.225 e. The molecule has 3 rings (SSSR count). The van der Waals surface area contributed by atoms with Gasteiger partial charge in [-0.2, -0.15) is 0 Å². The van der Waals surface area contributed by atoms with Crippen LogP contribution in [0.25, 0.3) is 10.8 Å². The van der Waals surface area contributed by atoms with Crippen LogP contribution < -0.4 is 0 Å². The summed E-state index contributed by atoms with van der Waals surface area (Å²) in [6.07, 6.45) is -0.498. The number of amides is 1. The quantitative estimate of drug-likeness (QED) is 0.939. The average molecular weight is 326 g/mol. The highest BCUT2D eigenvalue weighted by molar-refractivity contribution is 5.83. The number of piperazine rings is 1. The molecule has 0 spiro atoms. The monoisotopic (exact) mass is 326 g/mol. The third-order valence-electron chi connectivity index (χ3n) is 4.77. The van der Waals surface area contributed by atoms with Gasteiger partial charge in [-0.3, -0.25) is 9.69 Å². The van der Waals surface area contributed by atoms with E-state index >= 15 is 0 Å². The van der Waals surface area contributed by atoms with Crippen LogP contribution in [0, 0.1) is 5.92 Å². The summed E-state index contributed by atoms with van der Waals surface area (Å²) in [6.45, 7) is 7.65. The van der Waals surface area contributed by atoms with Crippen LogP contribution in [0.4, 0.5) is 0 Å². The molecule has 4 nitrogen and oxygen atoms in total. The molecule has 2 aromatic rings. The van der Waals surface area contributed by atoms with Gasteiger partial charge in [-0.05, 0) is 22.4 Å². The van der Waals surface area contributed by atoms with Crippen LogP contribution in [-0.4, -0.2) is 53.5 Å². The van der Waals surface area contributed by atoms with Crippen molar-refractivity contribution < 1.29 is 9.90 Å². The Hall–Kier alpha value is -1.91. The number of benzene rings is 2. The van der Waals surface area contributed by atoms with Crippen molar-refractivity contribution in [3.63, 3.8) is 0 Å². The van der Waals surface area contributed by atoms with Gasteiger partial charge in [0.25, 0.3) is 0 Å². The molecular formula is C20H26N2O2. The van der Waals surface area contributed by atoms with Crippen molar-refractivity contribution in [1.82, 2.24) is 9.80 Å². The van der Waals surface area contributed by atoms with Crippen molar-refractivity contribution in [3.8, 4) is 0 Å². The Morgan fingerprint density at radius 3 is 2.38 bits per heavy atom. The largest absolute Gasteiger partial charge is 0.387 e. The molecule has 1 amide bonds. The second kappa shape index (κ2) is 7.32. The zero-order chi connectivity index (χ0) is 17.1. The maximum atomic E-state index is 12.0. The van der Waals surface area contributed by atoms with Gasteiger partial charge in [0.2, 0.25) is 5.91 Å². The molecule has 0 saturated carbocycles. The van der Waals surface area contributed by atoms with E-state index in [4.69, 9.17) is 0 Å². The van der Waals surface area contributed by atoms with Gasteiger partial charge in [-0.15, -0.1) is 0 Å². The average Bonchev–Trinajstić information content (AvgIpc) is 2.61. The van der Waals surface area contributed by atoms with Crippen LogP contribution in [0.1, 0.15) is 25.5 Å². The molecule has 1 N–H and O–H groups in total. The minimum absolute atomic E-state index is 0.0553. The molecule has 128 valence electrons. The predicted molar refractivity (Wildman–Crippen MR) is 96.8 cm³/mol. The lowest BCUT2D eigenvalue weighted by Crippen LogP contribution is -2.50. The van der Waals surface area contributed by atoms with E-state index in [9.17, 15) is 9.90 Å². The lowest BCUT2D eigenvalue weighted by atomic mass is 10.0. The van der Waals surface area contributed by atoms with Crippen LogP contribution in [0.3, 0.4) is 0 Å². The van der Waals surface area contributed by atoms with Crippen molar-refractivity contribution in [3.05, 3.63) is 48.0 Å². The first kappa shape index (κ1) is 16.9. The van der Waals surface area contributed by atoms with Gasteiger partial charge >= 0.3 is 0 Å². The maximum Gasteiger partial charge on any atom is 0.225 e. The van der Waals surface area contributed by atoms with Gasteiger partial charge in [0.15, 0.2) is 0 Å². The first-order valence-electron chi connectivity index (χ1n) is 8.72. The highest BCUT2D eigenvalue weighted by atomic mass is 16.3. The van der Waals surface area contributed by atoms with Gasteiger partial charge in [0.1, 0.15) is 0 Å². The molecular weight excluding hydrogens is 300 g/mol. The zero-order valence-electron chi connectivity index (χ0n) is 14.5. The summed E-state index contributed by atoms with van der Waals surface area (Å²) in [5, 5.41) is 12.9. The van der Waals surface area contributed by atoms with Crippen molar-refractivity contribution >= 4 is 16.7 Å². The lowest BCUT2D eigenvalue weighted by Gasteiger charge is -2.36. The molecule has 1 aliphatic rings. The Morgan fingerprint density at radius 2 is 1.71 bits per heavy atom. The van der Waals surface area contributed by atoms with Crippen molar-refractivity contribution in [2.24, 2.45) is 5.92 Å². The third kappa shape index (κ3) is 3.77. The molecule has 1 fully saturated rings. The molecule has 1 atom stereocenters. The molecule has 1 heterocycles. The lowest BCUT2D eigenvalue weighted by molar-refractivity contribution is -0.136. The Kier molecular flexibility index (Phi) is 5.17. The van der Waals surface area contributed by atoms with E-state index in [1.165, 1.54) is 5.39 Å². The fraction of sp³-hybridized carbons (Fsp3) is 0.450. The summed E-state index contributed by atoms with van der Waals surface area (Å²) >= 11 is 0. The number of fused-ring (bicyclic) bond motifs is 1. The number of nitrogens with zero attached hydrogens (tertiary/aromatic N) is 2. The normalized spacial score (nSPS) is 17.4. The van der Waals surface area contributed by atoms with E-state index < -0.39 is 6.10 Å². The number of carbonyl (C=O) groups excluding carboxylic acids is 1. The Bertz CT molecular complexity index is 706. The number of aliphatic hydroxyl groups excluding tert-OH is 1. The van der Waals surface area contributed by atoms with Crippen molar-refractivity contribution in [2.75, 3.05) is 32.7 Å². The third-order valence-corrected chi connectivity index (χ3v) is 4.77. The molecule has 0 unspecified atom stereocenters. The number of hydrogen-bond donors (Lipinski definition) is 1. The standard InChI is InChI=1S/C20H26N2O2/c1-15(2)20(24)22-11-9-21(10-12-22)14-19(23)18-8-7-16-5-3-4-6-17(16)13-18/h3-8,13,15,19,23H,9-12,14H2,1-2H3/t19-/m1/s1. The van der Waals surface area contributed by atoms with Gasteiger partial charge in [-0.1, -0.05) is 50.2 Å². The van der Waals surface area contributed by atoms with E-state index in [-0.39, 0.29) is 11.8 Å². The first-order chi connectivity index (χ1) is 11.5. The van der Waals surface area contributed by atoms with Crippen molar-refractivity contribution in [2.45, 2.75) is 20.0 Å². The summed E-state index contributed by atoms with van der Waals surface area (Å²) in [7, 11) is 0. The summed E-state index contributed by atoms with van der Waals surface area (Å²) in [5.41, 5.74) is 0.953. The SMILES string of the molecule is CC(C)C(=O)N1CCN(C[C@@H](O)c2ccc3ccccc3c2)CC1. The van der Waals surface area contributed by atoms with E-state index in [1.807, 2.05) is 36.9 Å². The topological polar surface area (TPSA) is 43.8 Å². The molecule has 1 aliphatic heterocycles. The molecule has 2 aromatic carbocycles. The number of aliphatic hydroxyl groups is 1. The predicted octanol–water partition coefficient (Wildman–Crippen LogP) is 2.67. The van der Waals surface area contributed by atoms with E-state index in [0.29, 0.717) is 6.54 Å². The van der Waals surface area contributed by atoms with E-state index in [0.717, 1.165) is 37.1 Å². The minimum Gasteiger partial charge on any atom is -0.387 e. The van der Waals surface area contributed by atoms with E-state index in [1.54, 1.807) is 0 Å². The summed E-state index contributed by atoms with van der Waals surface area (Å²) in [6, 6.07) is 14.3. The summed E-state index contributed by atoms with van der Waals surface area (Å²) in [4.78, 5) is 16.2. The molecule has 0 aliphatic carbocycles. The number of rotatable bonds is 4. The van der Waals surface area contributed by atoms with Gasteiger partial charge < -0.3 is 10.0 Å². The first-order valence-corrected chi connectivity index (χ1v) is 8.72. The minimum atomic E-state index is -0.498. The van der Waals surface area contributed by atoms with Crippen LogP contribution in [-0.2, 0) is 4.79 Å². The molecule has 4 heteroatoms. The van der Waals surface area contributed by atoms with Gasteiger partial charge in [0, 0.05) is 38.6 Å². The molecule has 0 aromatic heterocycles. The Morgan fingerprint density at radius 1 is 1.04 bits per heavy atom. The molecule has 0 radical (unpaired) electrons. The fourth-order valence-corrected chi connectivity index (χ4v) is 3.28. The summed E-state index contributed by atoms with van der Waals surface area (Å²) < 4.78 is 0. The zero-order valence-corrected chi connectivity index (χ0v) is 14.5. The van der Waals surface area contributed by atoms with Crippen molar-refractivity contribution in [1.29, 1.82) is 0 Å². The molecule has 1 saturated heterocycles. The van der Waals surface area contributed by atoms with Crippen LogP contribution in [0.5, 0.6) is 0 Å². The van der Waals surface area contributed by atoms with Gasteiger partial charge in [0.05, 0.1) is 6.10 Å². The number of carbonyl (C=O) groups is 1. The highest BCUT2D eigenvalue weighted by Crippen LogP contribution is 2.21. The Balaban J connectivity index is 1.59. The molecule has 24 heavy (non-hydrogen) atoms. The Labute approximate surface area is 143 Å². The highest BCUT2D eigenvalue weighted by Gasteiger charge is 2.24. The van der Waals surface area contributed by atoms with Crippen LogP contribution in [0.2, 0.25) is 0 Å². The van der Waals surface area contributed by atoms with Crippen LogP contribution >= 0.6 is 0 Å². The molecule has 0 bridgehead atoms. The second-order valence-electron chi connectivity index (χ2n) is 6.90. The summed E-state index contributed by atoms with van der Waals surface area (Å²) in [5.74, 6) is 0.282. The van der Waals surface area contributed by atoms with Crippen LogP contribution in [0.15, 0.2) is 42.5 Å². The number of β-amino-alcohol motifs (C(OH)–C–C–N with tert-alkyl or cyclic N) is 1. The van der Waals surface area contributed by atoms with E-state index in [2.05, 4.69) is 29.2 Å². The number of hydrogen-bond acceptors (Lipinski definition) is 3. The fourth-order valence-electron chi connectivity index (χ4n) is 3.28. The second-order valence-corrected chi connectivity index (χ2v) is 6.90. The van der Waals surface area contributed by atoms with Gasteiger partial charge in [-0.25, -0.2) is 0 Å². The maximum absolute atomic E-state index is 12.0.